The minimum atomic E-state index is 0.0473. The third-order valence-electron chi connectivity index (χ3n) is 4.84. The summed E-state index contributed by atoms with van der Waals surface area (Å²) in [5.41, 5.74) is 0. The fraction of sp³-hybridized carbons (Fsp3) is 0.476. The number of aromatic nitrogens is 3. The summed E-state index contributed by atoms with van der Waals surface area (Å²) in [4.78, 5) is 12.3. The van der Waals surface area contributed by atoms with Crippen molar-refractivity contribution in [3.05, 3.63) is 42.7 Å². The number of carbonyl (C=O) groups excluding carboxylic acids is 1. The molecule has 1 N–H and O–H groups in total. The number of rotatable bonds is 10. The molecule has 1 amide bonds. The molecule has 1 aliphatic rings. The molecule has 156 valence electrons. The Morgan fingerprint density at radius 3 is 2.66 bits per heavy atom. The first-order valence-electron chi connectivity index (χ1n) is 9.91. The molecule has 7 nitrogen and oxygen atoms in total. The van der Waals surface area contributed by atoms with E-state index in [-0.39, 0.29) is 12.5 Å². The number of benzene rings is 1. The van der Waals surface area contributed by atoms with Gasteiger partial charge in [0.15, 0.2) is 11.0 Å². The minimum Gasteiger partial charge on any atom is -0.497 e. The van der Waals surface area contributed by atoms with E-state index >= 15 is 0 Å². The molecule has 3 rings (SSSR count). The van der Waals surface area contributed by atoms with Crippen molar-refractivity contribution in [3.63, 3.8) is 0 Å². The van der Waals surface area contributed by atoms with Crippen LogP contribution in [0.15, 0.2) is 42.1 Å². The number of thioether (sulfide) groups is 1. The maximum absolute atomic E-state index is 12.3. The number of ether oxygens (including phenoxy) is 2. The number of allylic oxidation sites excluding steroid dienone is 1. The van der Waals surface area contributed by atoms with Crippen LogP contribution in [0.4, 0.5) is 0 Å². The van der Waals surface area contributed by atoms with Crippen molar-refractivity contribution in [3.8, 4) is 11.5 Å². The summed E-state index contributed by atoms with van der Waals surface area (Å²) in [7, 11) is 1.63. The van der Waals surface area contributed by atoms with E-state index in [1.165, 1.54) is 31.0 Å². The van der Waals surface area contributed by atoms with Crippen LogP contribution in [0.5, 0.6) is 11.5 Å². The summed E-state index contributed by atoms with van der Waals surface area (Å²) in [5.74, 6) is 2.56. The first-order chi connectivity index (χ1) is 14.2. The van der Waals surface area contributed by atoms with Gasteiger partial charge >= 0.3 is 0 Å². The van der Waals surface area contributed by atoms with E-state index in [0.717, 1.165) is 24.3 Å². The second-order valence-electron chi connectivity index (χ2n) is 6.95. The quantitative estimate of drug-likeness (QED) is 0.471. The average molecular weight is 417 g/mol. The Kier molecular flexibility index (Phi) is 7.98. The fourth-order valence-electron chi connectivity index (χ4n) is 3.31. The Balaban J connectivity index is 1.55. The lowest BCUT2D eigenvalue weighted by Gasteiger charge is -2.22. The smallest absolute Gasteiger partial charge is 0.230 e. The molecule has 0 spiro atoms. The lowest BCUT2D eigenvalue weighted by Crippen LogP contribution is -2.37. The topological polar surface area (TPSA) is 78.3 Å². The first kappa shape index (κ1) is 21.2. The summed E-state index contributed by atoms with van der Waals surface area (Å²) >= 11 is 1.39. The SMILES string of the molecule is C=CCn1c(COc2ccc(OC)cc2)nnc1SCC(=O)NC1CCCCC1. The van der Waals surface area contributed by atoms with E-state index in [4.69, 9.17) is 9.47 Å². The van der Waals surface area contributed by atoms with Crippen molar-refractivity contribution in [1.82, 2.24) is 20.1 Å². The monoisotopic (exact) mass is 416 g/mol. The van der Waals surface area contributed by atoms with Crippen LogP contribution < -0.4 is 14.8 Å². The van der Waals surface area contributed by atoms with E-state index in [0.29, 0.717) is 29.3 Å². The maximum Gasteiger partial charge on any atom is 0.230 e. The van der Waals surface area contributed by atoms with Gasteiger partial charge in [0.25, 0.3) is 0 Å². The molecule has 0 bridgehead atoms. The van der Waals surface area contributed by atoms with E-state index < -0.39 is 0 Å². The molecule has 29 heavy (non-hydrogen) atoms. The highest BCUT2D eigenvalue weighted by molar-refractivity contribution is 7.99. The number of hydrogen-bond donors (Lipinski definition) is 1. The first-order valence-corrected chi connectivity index (χ1v) is 10.9. The van der Waals surface area contributed by atoms with Crippen LogP contribution in [-0.2, 0) is 17.9 Å². The van der Waals surface area contributed by atoms with Crippen LogP contribution in [0.2, 0.25) is 0 Å². The molecule has 1 aromatic carbocycles. The van der Waals surface area contributed by atoms with Crippen molar-refractivity contribution < 1.29 is 14.3 Å². The number of amides is 1. The number of methoxy groups -OCH3 is 1. The molecule has 1 saturated carbocycles. The lowest BCUT2D eigenvalue weighted by molar-refractivity contribution is -0.119. The predicted octanol–water partition coefficient (Wildman–Crippen LogP) is 3.59. The van der Waals surface area contributed by atoms with Crippen molar-refractivity contribution in [1.29, 1.82) is 0 Å². The van der Waals surface area contributed by atoms with Gasteiger partial charge in [-0.1, -0.05) is 37.1 Å². The molecule has 0 saturated heterocycles. The van der Waals surface area contributed by atoms with Crippen molar-refractivity contribution in [2.24, 2.45) is 0 Å². The third kappa shape index (κ3) is 6.25. The molecule has 1 aliphatic carbocycles. The minimum absolute atomic E-state index is 0.0473. The molecule has 1 aromatic heterocycles. The van der Waals surface area contributed by atoms with Crippen LogP contribution in [0.25, 0.3) is 0 Å². The standard InChI is InChI=1S/C21H28N4O3S/c1-3-13-25-19(14-28-18-11-9-17(27-2)10-12-18)23-24-21(25)29-15-20(26)22-16-7-5-4-6-8-16/h3,9-12,16H,1,4-8,13-15H2,2H3,(H,22,26). The molecule has 8 heteroatoms. The van der Waals surface area contributed by atoms with Gasteiger partial charge in [0.2, 0.25) is 5.91 Å². The van der Waals surface area contributed by atoms with Gasteiger partial charge in [0.1, 0.15) is 18.1 Å². The van der Waals surface area contributed by atoms with Gasteiger partial charge in [-0.05, 0) is 37.1 Å². The Morgan fingerprint density at radius 1 is 1.24 bits per heavy atom. The van der Waals surface area contributed by atoms with Gasteiger partial charge in [-0.15, -0.1) is 16.8 Å². The van der Waals surface area contributed by atoms with Gasteiger partial charge in [0, 0.05) is 12.6 Å². The third-order valence-corrected chi connectivity index (χ3v) is 5.80. The summed E-state index contributed by atoms with van der Waals surface area (Å²) < 4.78 is 12.9. The van der Waals surface area contributed by atoms with Crippen LogP contribution >= 0.6 is 11.8 Å². The summed E-state index contributed by atoms with van der Waals surface area (Å²) in [6.07, 6.45) is 7.61. The van der Waals surface area contributed by atoms with Gasteiger partial charge in [-0.3, -0.25) is 9.36 Å². The van der Waals surface area contributed by atoms with E-state index in [1.54, 1.807) is 13.2 Å². The molecular weight excluding hydrogens is 388 g/mol. The molecule has 0 aliphatic heterocycles. The zero-order chi connectivity index (χ0) is 20.5. The Labute approximate surface area is 175 Å². The van der Waals surface area contributed by atoms with E-state index in [9.17, 15) is 4.79 Å². The molecule has 1 heterocycles. The Morgan fingerprint density at radius 2 is 1.97 bits per heavy atom. The number of hydrogen-bond acceptors (Lipinski definition) is 6. The molecule has 0 radical (unpaired) electrons. The Bertz CT molecular complexity index is 801. The van der Waals surface area contributed by atoms with Gasteiger partial charge < -0.3 is 14.8 Å². The van der Waals surface area contributed by atoms with Gasteiger partial charge in [-0.2, -0.15) is 0 Å². The molecule has 0 unspecified atom stereocenters. The van der Waals surface area contributed by atoms with Gasteiger partial charge in [0.05, 0.1) is 12.9 Å². The summed E-state index contributed by atoms with van der Waals surface area (Å²) in [5, 5.41) is 12.3. The predicted molar refractivity (Wildman–Crippen MR) is 113 cm³/mol. The van der Waals surface area contributed by atoms with E-state index in [1.807, 2.05) is 28.8 Å². The second kappa shape index (κ2) is 10.9. The van der Waals surface area contributed by atoms with E-state index in [2.05, 4.69) is 22.1 Å². The van der Waals surface area contributed by atoms with Crippen LogP contribution in [0, 0.1) is 0 Å². The van der Waals surface area contributed by atoms with Crippen LogP contribution in [0.3, 0.4) is 0 Å². The highest BCUT2D eigenvalue weighted by Gasteiger charge is 2.18. The zero-order valence-electron chi connectivity index (χ0n) is 16.8. The van der Waals surface area contributed by atoms with Crippen molar-refractivity contribution in [2.45, 2.75) is 56.5 Å². The number of carbonyl (C=O) groups is 1. The Hall–Kier alpha value is -2.48. The summed E-state index contributed by atoms with van der Waals surface area (Å²) in [6, 6.07) is 7.69. The molecule has 1 fully saturated rings. The van der Waals surface area contributed by atoms with Crippen LogP contribution in [0.1, 0.15) is 37.9 Å². The second-order valence-corrected chi connectivity index (χ2v) is 7.90. The largest absolute Gasteiger partial charge is 0.497 e. The van der Waals surface area contributed by atoms with Gasteiger partial charge in [-0.25, -0.2) is 0 Å². The average Bonchev–Trinajstić information content (AvgIpc) is 3.14. The fourth-order valence-corrected chi connectivity index (χ4v) is 4.09. The maximum atomic E-state index is 12.3. The summed E-state index contributed by atoms with van der Waals surface area (Å²) in [6.45, 7) is 4.64. The number of nitrogens with zero attached hydrogens (tertiary/aromatic N) is 3. The van der Waals surface area contributed by atoms with Crippen molar-refractivity contribution in [2.75, 3.05) is 12.9 Å². The number of nitrogens with one attached hydrogen (secondary N) is 1. The van der Waals surface area contributed by atoms with Crippen LogP contribution in [-0.4, -0.2) is 39.6 Å². The molecular formula is C21H28N4O3S. The zero-order valence-corrected chi connectivity index (χ0v) is 17.6. The molecule has 0 atom stereocenters. The normalized spacial score (nSPS) is 14.4. The lowest BCUT2D eigenvalue weighted by atomic mass is 9.95. The highest BCUT2D eigenvalue weighted by Crippen LogP contribution is 2.21. The highest BCUT2D eigenvalue weighted by atomic mass is 32.2. The molecule has 2 aromatic rings. The van der Waals surface area contributed by atoms with Crippen molar-refractivity contribution >= 4 is 17.7 Å².